The minimum absolute atomic E-state index is 0.0693. The maximum atomic E-state index is 12.0. The normalized spacial score (nSPS) is 22.6. The fraction of sp³-hybridized carbons (Fsp3) is 0.789. The van der Waals surface area contributed by atoms with Crippen molar-refractivity contribution in [2.24, 2.45) is 0 Å². The molecule has 0 aliphatic carbocycles. The third-order valence-corrected chi connectivity index (χ3v) is 7.25. The number of aryl methyl sites for hydroxylation is 1. The van der Waals surface area contributed by atoms with E-state index in [-0.39, 0.29) is 19.6 Å². The lowest BCUT2D eigenvalue weighted by Crippen LogP contribution is -3.11. The molecule has 1 saturated heterocycles. The molecule has 0 saturated carbocycles. The van der Waals surface area contributed by atoms with Gasteiger partial charge in [-0.3, -0.25) is 18.9 Å². The van der Waals surface area contributed by atoms with Crippen LogP contribution in [-0.4, -0.2) is 76.7 Å². The molecule has 1 aromatic heterocycles. The van der Waals surface area contributed by atoms with Crippen molar-refractivity contribution in [3.63, 3.8) is 0 Å². The Morgan fingerprint density at radius 2 is 1.97 bits per heavy atom. The molecule has 11 nitrogen and oxygen atoms in total. The first kappa shape index (κ1) is 29.2. The first-order valence-electron chi connectivity index (χ1n) is 10.7. The monoisotopic (exact) mass is 542 g/mol. The number of nitrogens with one attached hydrogen (secondary N) is 2. The molecule has 13 heteroatoms. The van der Waals surface area contributed by atoms with Gasteiger partial charge in [-0.15, -0.1) is 0 Å². The van der Waals surface area contributed by atoms with Crippen molar-refractivity contribution in [3.8, 4) is 0 Å². The molecular formula is C19H36BrN4O7P. The molecular weight excluding hydrogens is 507 g/mol. The molecule has 2 heterocycles. The number of nitrogens with zero attached hydrogens (tertiary/aromatic N) is 2. The summed E-state index contributed by atoms with van der Waals surface area (Å²) in [6.45, 7) is 11.9. The summed E-state index contributed by atoms with van der Waals surface area (Å²) in [5.41, 5.74) is -0.847. The van der Waals surface area contributed by atoms with E-state index in [4.69, 9.17) is 9.26 Å². The van der Waals surface area contributed by atoms with Gasteiger partial charge in [0.05, 0.1) is 32.3 Å². The Hall–Kier alpha value is -0.850. The van der Waals surface area contributed by atoms with Crippen molar-refractivity contribution in [2.75, 3.05) is 45.2 Å². The van der Waals surface area contributed by atoms with Crippen molar-refractivity contribution in [2.45, 2.75) is 52.6 Å². The third-order valence-electron chi connectivity index (χ3n) is 5.39. The number of ether oxygens (including phenoxy) is 1. The lowest BCUT2D eigenvalue weighted by atomic mass is 10.2. The molecule has 0 spiro atoms. The Kier molecular flexibility index (Phi) is 12.5. The Labute approximate surface area is 197 Å². The van der Waals surface area contributed by atoms with Crippen molar-refractivity contribution in [3.05, 3.63) is 32.6 Å². The molecule has 0 amide bonds. The van der Waals surface area contributed by atoms with Crippen LogP contribution in [0.25, 0.3) is 0 Å². The lowest BCUT2D eigenvalue weighted by molar-refractivity contribution is -0.894. The Morgan fingerprint density at radius 1 is 1.38 bits per heavy atom. The molecule has 1 unspecified atom stereocenters. The second kappa shape index (κ2) is 13.8. The Bertz CT molecular complexity index is 855. The van der Waals surface area contributed by atoms with E-state index in [1.165, 1.54) is 39.8 Å². The van der Waals surface area contributed by atoms with Crippen LogP contribution in [0, 0.1) is 6.92 Å². The van der Waals surface area contributed by atoms with Gasteiger partial charge in [0.1, 0.15) is 12.3 Å². The highest BCUT2D eigenvalue weighted by molar-refractivity contribution is 9.09. The number of alkyl halides is 1. The van der Waals surface area contributed by atoms with Crippen molar-refractivity contribution in [1.29, 1.82) is 0 Å². The van der Waals surface area contributed by atoms with Gasteiger partial charge >= 0.3 is 5.69 Å². The maximum Gasteiger partial charge on any atom is 0.330 e. The number of hydrogen-bond donors (Lipinski definition) is 3. The Balaban J connectivity index is 0.000000633. The third kappa shape index (κ3) is 8.49. The molecule has 0 aromatic carbocycles. The number of aromatic nitrogens is 2. The topological polar surface area (TPSA) is 141 Å². The average molecular weight is 543 g/mol. The van der Waals surface area contributed by atoms with Crippen molar-refractivity contribution in [1.82, 2.24) is 14.2 Å². The standard InChI is InChI=1S/C13H21BrN3O7P.C6H15N/c1-8-6-17(13(20)15-12(8)19)11-5-9(18)10(24-11)7-23-25(21,22)16(2)4-3-14;1-4-7(5-2)6-3/h6,9-11,18H,3-5,7H2,1-2H3,(H,21,22)(H,15,19,20);4-6H2,1-3H3/t9-,10+,11+;/m0./s1. The fourth-order valence-corrected chi connectivity index (χ4v) is 4.78. The minimum Gasteiger partial charge on any atom is -0.766 e. The zero-order valence-electron chi connectivity index (χ0n) is 19.4. The quantitative estimate of drug-likeness (QED) is 0.258. The summed E-state index contributed by atoms with van der Waals surface area (Å²) in [6, 6.07) is 0. The van der Waals surface area contributed by atoms with Crippen LogP contribution < -0.4 is 21.0 Å². The molecule has 1 aromatic rings. The number of hydrogen-bond acceptors (Lipinski definition) is 7. The molecule has 0 radical (unpaired) electrons. The van der Waals surface area contributed by atoms with Crippen LogP contribution in [0.4, 0.5) is 0 Å². The van der Waals surface area contributed by atoms with Crippen LogP contribution in [-0.2, 0) is 13.8 Å². The van der Waals surface area contributed by atoms with E-state index >= 15 is 0 Å². The molecule has 1 aliphatic heterocycles. The van der Waals surface area contributed by atoms with Gasteiger partial charge in [-0.25, -0.2) is 9.46 Å². The zero-order valence-corrected chi connectivity index (χ0v) is 21.9. The lowest BCUT2D eigenvalue weighted by Gasteiger charge is -2.32. The number of rotatable bonds is 10. The zero-order chi connectivity index (χ0) is 24.5. The maximum absolute atomic E-state index is 12.0. The summed E-state index contributed by atoms with van der Waals surface area (Å²) in [5, 5.41) is 10.5. The highest BCUT2D eigenvalue weighted by atomic mass is 79.9. The first-order valence-corrected chi connectivity index (χ1v) is 13.3. The summed E-state index contributed by atoms with van der Waals surface area (Å²) in [5.74, 6) is 0. The number of aliphatic hydroxyl groups is 1. The summed E-state index contributed by atoms with van der Waals surface area (Å²) >= 11 is 3.14. The van der Waals surface area contributed by atoms with Gasteiger partial charge in [-0.1, -0.05) is 15.9 Å². The van der Waals surface area contributed by atoms with Gasteiger partial charge in [-0.05, 0) is 34.7 Å². The molecule has 3 N–H and O–H groups in total. The summed E-state index contributed by atoms with van der Waals surface area (Å²) in [7, 11) is -2.87. The number of halogens is 1. The number of aliphatic hydroxyl groups excluding tert-OH is 1. The van der Waals surface area contributed by atoms with Crippen LogP contribution in [0.2, 0.25) is 0 Å². The first-order chi connectivity index (χ1) is 15.0. The molecule has 2 rings (SSSR count). The predicted molar refractivity (Wildman–Crippen MR) is 123 cm³/mol. The van der Waals surface area contributed by atoms with Gasteiger partial charge in [0, 0.05) is 30.1 Å². The van der Waals surface area contributed by atoms with Crippen molar-refractivity contribution >= 4 is 23.7 Å². The summed E-state index contributed by atoms with van der Waals surface area (Å²) in [4.78, 5) is 39.1. The van der Waals surface area contributed by atoms with E-state index in [1.54, 1.807) is 4.90 Å². The predicted octanol–water partition coefficient (Wildman–Crippen LogP) is -0.764. The highest BCUT2D eigenvalue weighted by Crippen LogP contribution is 2.41. The second-order valence-corrected chi connectivity index (χ2v) is 10.2. The number of H-pyrrole nitrogens is 1. The fourth-order valence-electron chi connectivity index (χ4n) is 3.10. The average Bonchev–Trinajstić information content (AvgIpc) is 3.11. The van der Waals surface area contributed by atoms with Crippen LogP contribution >= 0.6 is 23.7 Å². The van der Waals surface area contributed by atoms with Crippen LogP contribution in [0.3, 0.4) is 0 Å². The van der Waals surface area contributed by atoms with Gasteiger partial charge in [0.15, 0.2) is 0 Å². The van der Waals surface area contributed by atoms with E-state index in [2.05, 4.69) is 41.7 Å². The van der Waals surface area contributed by atoms with E-state index in [1.807, 2.05) is 0 Å². The number of quaternary nitrogens is 1. The van der Waals surface area contributed by atoms with E-state index in [9.17, 15) is 24.2 Å². The van der Waals surface area contributed by atoms with Crippen LogP contribution in [0.5, 0.6) is 0 Å². The molecule has 1 fully saturated rings. The smallest absolute Gasteiger partial charge is 0.330 e. The van der Waals surface area contributed by atoms with Gasteiger partial charge < -0.3 is 24.2 Å². The molecule has 186 valence electrons. The minimum atomic E-state index is -4.25. The Morgan fingerprint density at radius 3 is 2.47 bits per heavy atom. The molecule has 32 heavy (non-hydrogen) atoms. The van der Waals surface area contributed by atoms with Crippen LogP contribution in [0.1, 0.15) is 39.0 Å². The summed E-state index contributed by atoms with van der Waals surface area (Å²) in [6.07, 6.45) is -1.34. The van der Waals surface area contributed by atoms with Gasteiger partial charge in [-0.2, -0.15) is 0 Å². The van der Waals surface area contributed by atoms with Crippen molar-refractivity contribution < 1.29 is 28.7 Å². The second-order valence-electron chi connectivity index (χ2n) is 7.56. The van der Waals surface area contributed by atoms with Gasteiger partial charge in [0.2, 0.25) is 7.75 Å². The van der Waals surface area contributed by atoms with E-state index in [0.29, 0.717) is 10.9 Å². The van der Waals surface area contributed by atoms with Crippen LogP contribution in [0.15, 0.2) is 15.8 Å². The molecule has 4 atom stereocenters. The molecule has 1 aliphatic rings. The largest absolute Gasteiger partial charge is 0.766 e. The number of aromatic amines is 1. The molecule has 0 bridgehead atoms. The van der Waals surface area contributed by atoms with E-state index in [0.717, 1.165) is 9.24 Å². The summed E-state index contributed by atoms with van der Waals surface area (Å²) < 4.78 is 24.6. The highest BCUT2D eigenvalue weighted by Gasteiger charge is 2.36. The SMILES string of the molecule is CC[NH+](CC)CC.Cc1cn([C@H]2C[C@H](O)[C@@H](COP(=O)([O-])N(C)CCBr)O2)c(=O)[nH]c1=O. The van der Waals surface area contributed by atoms with E-state index < -0.39 is 37.4 Å². The van der Waals surface area contributed by atoms with Gasteiger partial charge in [0.25, 0.3) is 5.56 Å².